The molecule has 0 unspecified atom stereocenters. The third-order valence-electron chi connectivity index (χ3n) is 6.82. The van der Waals surface area contributed by atoms with E-state index in [4.69, 9.17) is 19.9 Å². The quantitative estimate of drug-likeness (QED) is 0.459. The predicted octanol–water partition coefficient (Wildman–Crippen LogP) is 1.54. The van der Waals surface area contributed by atoms with Crippen molar-refractivity contribution >= 4 is 23.5 Å². The highest BCUT2D eigenvalue weighted by Gasteiger charge is 2.33. The van der Waals surface area contributed by atoms with Crippen molar-refractivity contribution in [3.63, 3.8) is 0 Å². The number of amides is 2. The van der Waals surface area contributed by atoms with Crippen molar-refractivity contribution < 1.29 is 19.1 Å². The molecule has 3 aliphatic heterocycles. The van der Waals surface area contributed by atoms with Crippen LogP contribution in [0.5, 0.6) is 5.75 Å². The van der Waals surface area contributed by atoms with Gasteiger partial charge < -0.3 is 29.2 Å². The van der Waals surface area contributed by atoms with Gasteiger partial charge in [0.15, 0.2) is 5.84 Å². The number of amidine groups is 2. The van der Waals surface area contributed by atoms with Crippen molar-refractivity contribution in [3.8, 4) is 17.1 Å². The Morgan fingerprint density at radius 2 is 1.97 bits per heavy atom. The van der Waals surface area contributed by atoms with Crippen LogP contribution in [0.15, 0.2) is 23.5 Å². The second kappa shape index (κ2) is 10.9. The molecule has 38 heavy (non-hydrogen) atoms. The number of aromatic nitrogens is 3. The van der Waals surface area contributed by atoms with Crippen molar-refractivity contribution in [2.75, 3.05) is 39.5 Å². The summed E-state index contributed by atoms with van der Waals surface area (Å²) in [6.45, 7) is 8.91. The molecule has 0 radical (unpaired) electrons. The number of pyridine rings is 1. The fraction of sp³-hybridized carbons (Fsp3) is 0.538. The molecule has 0 spiro atoms. The van der Waals surface area contributed by atoms with E-state index in [1.807, 2.05) is 29.5 Å². The molecule has 0 aliphatic carbocycles. The van der Waals surface area contributed by atoms with E-state index in [0.29, 0.717) is 68.1 Å². The van der Waals surface area contributed by atoms with Gasteiger partial charge in [0.05, 0.1) is 18.3 Å². The fourth-order valence-electron chi connectivity index (χ4n) is 5.03. The van der Waals surface area contributed by atoms with E-state index in [1.165, 1.54) is 0 Å². The topological polar surface area (TPSA) is 138 Å². The van der Waals surface area contributed by atoms with Gasteiger partial charge in [-0.2, -0.15) is 0 Å². The first-order valence-corrected chi connectivity index (χ1v) is 13.1. The van der Waals surface area contributed by atoms with Gasteiger partial charge in [-0.3, -0.25) is 15.0 Å². The van der Waals surface area contributed by atoms with Crippen molar-refractivity contribution in [1.82, 2.24) is 29.7 Å². The summed E-state index contributed by atoms with van der Waals surface area (Å²) in [7, 11) is 0. The summed E-state index contributed by atoms with van der Waals surface area (Å²) < 4.78 is 13.3. The fourth-order valence-corrected chi connectivity index (χ4v) is 5.03. The van der Waals surface area contributed by atoms with Gasteiger partial charge in [-0.05, 0) is 39.7 Å². The van der Waals surface area contributed by atoms with Crippen molar-refractivity contribution in [3.05, 3.63) is 29.8 Å². The molecule has 12 heteroatoms. The molecule has 3 aliphatic rings. The van der Waals surface area contributed by atoms with Gasteiger partial charge in [0.1, 0.15) is 41.9 Å². The minimum atomic E-state index is -0.293. The molecule has 2 N–H and O–H groups in total. The number of piperazine rings is 1. The Labute approximate surface area is 221 Å². The predicted molar refractivity (Wildman–Crippen MR) is 141 cm³/mol. The number of carbonyl (C=O) groups is 2. The normalized spacial score (nSPS) is 18.5. The lowest BCUT2D eigenvalue weighted by atomic mass is 10.1. The largest absolute Gasteiger partial charge is 0.489 e. The molecule has 5 rings (SSSR count). The van der Waals surface area contributed by atoms with E-state index in [9.17, 15) is 9.59 Å². The van der Waals surface area contributed by atoms with Crippen LogP contribution in [0, 0.1) is 5.41 Å². The number of fused-ring (bicyclic) bond motifs is 3. The summed E-state index contributed by atoms with van der Waals surface area (Å²) >= 11 is 0. The smallest absolute Gasteiger partial charge is 0.273 e. The van der Waals surface area contributed by atoms with Crippen LogP contribution in [0.25, 0.3) is 11.4 Å². The van der Waals surface area contributed by atoms with E-state index in [-0.39, 0.29) is 42.0 Å². The third kappa shape index (κ3) is 5.40. The molecule has 202 valence electrons. The minimum absolute atomic E-state index is 0.0356. The molecule has 2 amide bonds. The Bertz CT molecular complexity index is 1260. The summed E-state index contributed by atoms with van der Waals surface area (Å²) in [4.78, 5) is 43.3. The van der Waals surface area contributed by atoms with Crippen LogP contribution in [-0.2, 0) is 16.1 Å². The molecule has 0 atom stereocenters. The Balaban J connectivity index is 1.39. The van der Waals surface area contributed by atoms with Gasteiger partial charge in [-0.1, -0.05) is 0 Å². The number of ether oxygens (including phenoxy) is 2. The van der Waals surface area contributed by atoms with Gasteiger partial charge in [-0.15, -0.1) is 0 Å². The van der Waals surface area contributed by atoms with E-state index < -0.39 is 0 Å². The number of hydrogen-bond donors (Lipinski definition) is 2. The summed E-state index contributed by atoms with van der Waals surface area (Å²) in [6.07, 6.45) is 5.09. The first-order valence-electron chi connectivity index (χ1n) is 13.1. The summed E-state index contributed by atoms with van der Waals surface area (Å²) in [6, 6.07) is 1.97. The van der Waals surface area contributed by atoms with Crippen LogP contribution in [0.2, 0.25) is 0 Å². The maximum Gasteiger partial charge on any atom is 0.273 e. The second-order valence-electron chi connectivity index (χ2n) is 10.1. The zero-order valence-corrected chi connectivity index (χ0v) is 22.1. The zero-order valence-electron chi connectivity index (χ0n) is 22.1. The SMILES string of the molecule is CC(=N)/N=C(\NC(C)C)c1cn2c(n1)-c1cc(C(=O)N3CCN(C4CCOCC4)C(=O)C3)ncc1OCC2. The average Bonchev–Trinajstić information content (AvgIpc) is 3.24. The molecule has 2 aromatic heterocycles. The molecule has 2 fully saturated rings. The van der Waals surface area contributed by atoms with Crippen LogP contribution >= 0.6 is 0 Å². The number of nitrogens with zero attached hydrogens (tertiary/aromatic N) is 6. The number of aliphatic imine (C=N–C) groups is 1. The molecular formula is C26H34N8O4. The molecular weight excluding hydrogens is 488 g/mol. The first-order chi connectivity index (χ1) is 18.3. The number of hydrogen-bond acceptors (Lipinski definition) is 7. The van der Waals surface area contributed by atoms with E-state index >= 15 is 0 Å². The Hall–Kier alpha value is -3.80. The molecule has 0 saturated carbocycles. The molecule has 5 heterocycles. The second-order valence-corrected chi connectivity index (χ2v) is 10.1. The monoisotopic (exact) mass is 522 g/mol. The summed E-state index contributed by atoms with van der Waals surface area (Å²) in [5, 5.41) is 11.1. The third-order valence-corrected chi connectivity index (χ3v) is 6.82. The van der Waals surface area contributed by atoms with Crippen molar-refractivity contribution in [2.24, 2.45) is 4.99 Å². The van der Waals surface area contributed by atoms with Gasteiger partial charge >= 0.3 is 0 Å². The number of carbonyl (C=O) groups excluding carboxylic acids is 2. The van der Waals surface area contributed by atoms with Gasteiger partial charge in [0, 0.05) is 44.6 Å². The van der Waals surface area contributed by atoms with E-state index in [0.717, 1.165) is 12.8 Å². The minimum Gasteiger partial charge on any atom is -0.489 e. The van der Waals surface area contributed by atoms with Crippen LogP contribution in [0.1, 0.15) is 49.8 Å². The molecule has 2 saturated heterocycles. The van der Waals surface area contributed by atoms with Crippen LogP contribution < -0.4 is 10.1 Å². The zero-order chi connectivity index (χ0) is 26.8. The van der Waals surface area contributed by atoms with Crippen molar-refractivity contribution in [1.29, 1.82) is 5.41 Å². The van der Waals surface area contributed by atoms with Gasteiger partial charge in [0.25, 0.3) is 5.91 Å². The first kappa shape index (κ1) is 25.8. The van der Waals surface area contributed by atoms with Gasteiger partial charge in [-0.25, -0.2) is 15.0 Å². The Kier molecular flexibility index (Phi) is 7.41. The maximum absolute atomic E-state index is 13.4. The van der Waals surface area contributed by atoms with Gasteiger partial charge in [0.2, 0.25) is 5.91 Å². The summed E-state index contributed by atoms with van der Waals surface area (Å²) in [5.74, 6) is 1.52. The molecule has 2 aromatic rings. The number of nitrogens with one attached hydrogen (secondary N) is 2. The lowest BCUT2D eigenvalue weighted by Crippen LogP contribution is -2.56. The highest BCUT2D eigenvalue weighted by atomic mass is 16.5. The maximum atomic E-state index is 13.4. The lowest BCUT2D eigenvalue weighted by molar-refractivity contribution is -0.139. The van der Waals surface area contributed by atoms with E-state index in [1.54, 1.807) is 24.1 Å². The van der Waals surface area contributed by atoms with E-state index in [2.05, 4.69) is 15.3 Å². The number of imidazole rings is 1. The van der Waals surface area contributed by atoms with Crippen molar-refractivity contribution in [2.45, 2.75) is 52.2 Å². The van der Waals surface area contributed by atoms with Crippen LogP contribution in [0.3, 0.4) is 0 Å². The average molecular weight is 523 g/mol. The molecule has 12 nitrogen and oxygen atoms in total. The summed E-state index contributed by atoms with van der Waals surface area (Å²) in [5.41, 5.74) is 1.49. The standard InChI is InChI=1S/C26H34N8O4/c1-16(2)29-24(30-17(3)27)21-14-32-8-11-38-22-13-28-20(12-19(22)25(32)31-21)26(36)33-6-7-34(23(35)15-33)18-4-9-37-10-5-18/h12-14,16,18H,4-11,15H2,1-3H3,(H2,27,29,30). The highest BCUT2D eigenvalue weighted by Crippen LogP contribution is 2.32. The number of rotatable bonds is 4. The van der Waals surface area contributed by atoms with Crippen LogP contribution in [0.4, 0.5) is 0 Å². The van der Waals surface area contributed by atoms with Crippen LogP contribution in [-0.4, -0.2) is 99.4 Å². The Morgan fingerprint density at radius 3 is 2.68 bits per heavy atom. The Morgan fingerprint density at radius 1 is 1.18 bits per heavy atom. The highest BCUT2D eigenvalue weighted by molar-refractivity contribution is 6.04. The lowest BCUT2D eigenvalue weighted by Gasteiger charge is -2.40. The molecule has 0 bridgehead atoms. The molecule has 0 aromatic carbocycles.